The Morgan fingerprint density at radius 3 is 2.93 bits per heavy atom. The molecule has 3 heteroatoms. The molecule has 1 heterocycles. The fourth-order valence-electron chi connectivity index (χ4n) is 1.86. The van der Waals surface area contributed by atoms with Crippen molar-refractivity contribution in [2.24, 2.45) is 5.92 Å². The SMILES string of the molecule is COc1ccc(CNCCC2CCC2)s1. The van der Waals surface area contributed by atoms with Crippen LogP contribution in [-0.2, 0) is 6.54 Å². The minimum absolute atomic E-state index is 0.987. The van der Waals surface area contributed by atoms with E-state index in [1.807, 2.05) is 6.07 Å². The molecule has 1 N–H and O–H groups in total. The molecule has 2 nitrogen and oxygen atoms in total. The molecule has 1 aromatic heterocycles. The van der Waals surface area contributed by atoms with Gasteiger partial charge in [-0.15, -0.1) is 11.3 Å². The maximum Gasteiger partial charge on any atom is 0.173 e. The second kappa shape index (κ2) is 5.52. The van der Waals surface area contributed by atoms with Crippen LogP contribution in [-0.4, -0.2) is 13.7 Å². The van der Waals surface area contributed by atoms with E-state index >= 15 is 0 Å². The normalized spacial score (nSPS) is 16.3. The smallest absolute Gasteiger partial charge is 0.173 e. The van der Waals surface area contributed by atoms with Gasteiger partial charge in [-0.25, -0.2) is 0 Å². The van der Waals surface area contributed by atoms with Gasteiger partial charge in [-0.3, -0.25) is 0 Å². The Kier molecular flexibility index (Phi) is 4.03. The number of hydrogen-bond donors (Lipinski definition) is 1. The van der Waals surface area contributed by atoms with E-state index in [0.717, 1.165) is 24.1 Å². The maximum atomic E-state index is 5.16. The lowest BCUT2D eigenvalue weighted by molar-refractivity contribution is 0.292. The second-order valence-corrected chi connectivity index (χ2v) is 5.32. The maximum absolute atomic E-state index is 5.16. The Balaban J connectivity index is 1.60. The van der Waals surface area contributed by atoms with E-state index in [9.17, 15) is 0 Å². The molecule has 0 amide bonds. The van der Waals surface area contributed by atoms with Crippen molar-refractivity contribution in [1.29, 1.82) is 0 Å². The molecule has 0 unspecified atom stereocenters. The predicted molar refractivity (Wildman–Crippen MR) is 64.5 cm³/mol. The number of rotatable bonds is 6. The van der Waals surface area contributed by atoms with E-state index in [1.165, 1.54) is 30.6 Å². The predicted octanol–water partition coefficient (Wildman–Crippen LogP) is 3.04. The highest BCUT2D eigenvalue weighted by Crippen LogP contribution is 2.29. The van der Waals surface area contributed by atoms with E-state index in [0.29, 0.717) is 0 Å². The van der Waals surface area contributed by atoms with Crippen LogP contribution in [0.3, 0.4) is 0 Å². The zero-order valence-electron chi connectivity index (χ0n) is 9.29. The topological polar surface area (TPSA) is 21.3 Å². The van der Waals surface area contributed by atoms with Crippen molar-refractivity contribution < 1.29 is 4.74 Å². The molecular formula is C12H19NOS. The molecule has 84 valence electrons. The summed E-state index contributed by atoms with van der Waals surface area (Å²) in [5, 5.41) is 4.50. The van der Waals surface area contributed by atoms with Gasteiger partial charge in [0, 0.05) is 11.4 Å². The first kappa shape index (κ1) is 11.0. The van der Waals surface area contributed by atoms with Crippen LogP contribution in [0.25, 0.3) is 0 Å². The molecule has 0 saturated heterocycles. The minimum Gasteiger partial charge on any atom is -0.487 e. The van der Waals surface area contributed by atoms with Crippen LogP contribution >= 0.6 is 11.3 Å². The molecule has 0 radical (unpaired) electrons. The van der Waals surface area contributed by atoms with Crippen LogP contribution in [0.5, 0.6) is 5.06 Å². The summed E-state index contributed by atoms with van der Waals surface area (Å²) >= 11 is 1.73. The van der Waals surface area contributed by atoms with Gasteiger partial charge in [0.15, 0.2) is 5.06 Å². The molecule has 15 heavy (non-hydrogen) atoms. The zero-order chi connectivity index (χ0) is 10.5. The van der Waals surface area contributed by atoms with Gasteiger partial charge in [-0.05, 0) is 31.0 Å². The van der Waals surface area contributed by atoms with Crippen LogP contribution in [0.15, 0.2) is 12.1 Å². The number of methoxy groups -OCH3 is 1. The van der Waals surface area contributed by atoms with Crippen LogP contribution in [0.2, 0.25) is 0 Å². The van der Waals surface area contributed by atoms with E-state index in [2.05, 4.69) is 11.4 Å². The summed E-state index contributed by atoms with van der Waals surface area (Å²) in [6, 6.07) is 4.17. The number of hydrogen-bond acceptors (Lipinski definition) is 3. The van der Waals surface area contributed by atoms with Crippen molar-refractivity contribution in [3.05, 3.63) is 17.0 Å². The van der Waals surface area contributed by atoms with Crippen molar-refractivity contribution in [1.82, 2.24) is 5.32 Å². The Labute approximate surface area is 95.6 Å². The highest BCUT2D eigenvalue weighted by Gasteiger charge is 2.16. The summed E-state index contributed by atoms with van der Waals surface area (Å²) in [5.41, 5.74) is 0. The van der Waals surface area contributed by atoms with Gasteiger partial charge >= 0.3 is 0 Å². The molecule has 0 bridgehead atoms. The van der Waals surface area contributed by atoms with Crippen molar-refractivity contribution in [3.8, 4) is 5.06 Å². The van der Waals surface area contributed by atoms with Gasteiger partial charge in [-0.2, -0.15) is 0 Å². The van der Waals surface area contributed by atoms with Crippen molar-refractivity contribution in [2.75, 3.05) is 13.7 Å². The van der Waals surface area contributed by atoms with Gasteiger partial charge in [0.2, 0.25) is 0 Å². The molecule has 0 atom stereocenters. The van der Waals surface area contributed by atoms with Crippen molar-refractivity contribution in [3.63, 3.8) is 0 Å². The molecule has 0 aliphatic heterocycles. The molecule has 1 aliphatic rings. The van der Waals surface area contributed by atoms with E-state index in [-0.39, 0.29) is 0 Å². The Bertz CT molecular complexity index is 294. The van der Waals surface area contributed by atoms with Crippen LogP contribution in [0.4, 0.5) is 0 Å². The summed E-state index contributed by atoms with van der Waals surface area (Å²) in [6.07, 6.45) is 5.71. The van der Waals surface area contributed by atoms with E-state index in [1.54, 1.807) is 18.4 Å². The number of thiophene rings is 1. The lowest BCUT2D eigenvalue weighted by Crippen LogP contribution is -2.20. The first-order valence-electron chi connectivity index (χ1n) is 5.72. The third-order valence-electron chi connectivity index (χ3n) is 3.09. The van der Waals surface area contributed by atoms with E-state index < -0.39 is 0 Å². The van der Waals surface area contributed by atoms with Gasteiger partial charge in [-0.1, -0.05) is 19.3 Å². The molecule has 1 aromatic rings. The van der Waals surface area contributed by atoms with Gasteiger partial charge < -0.3 is 10.1 Å². The van der Waals surface area contributed by atoms with Gasteiger partial charge in [0.25, 0.3) is 0 Å². The quantitative estimate of drug-likeness (QED) is 0.751. The van der Waals surface area contributed by atoms with Crippen LogP contribution in [0.1, 0.15) is 30.6 Å². The minimum atomic E-state index is 0.987. The standard InChI is InChI=1S/C12H19NOS/c1-14-12-6-5-11(15-12)9-13-8-7-10-3-2-4-10/h5-6,10,13H,2-4,7-9H2,1H3. The molecule has 0 aromatic carbocycles. The van der Waals surface area contributed by atoms with Crippen molar-refractivity contribution >= 4 is 11.3 Å². The Morgan fingerprint density at radius 1 is 1.47 bits per heavy atom. The molecule has 1 fully saturated rings. The highest BCUT2D eigenvalue weighted by atomic mass is 32.1. The first-order chi connectivity index (χ1) is 7.38. The summed E-state index contributed by atoms with van der Waals surface area (Å²) in [5.74, 6) is 1.01. The third kappa shape index (κ3) is 3.21. The largest absolute Gasteiger partial charge is 0.487 e. The number of ether oxygens (including phenoxy) is 1. The van der Waals surface area contributed by atoms with Gasteiger partial charge in [0.1, 0.15) is 0 Å². The van der Waals surface area contributed by atoms with Gasteiger partial charge in [0.05, 0.1) is 7.11 Å². The lowest BCUT2D eigenvalue weighted by Gasteiger charge is -2.25. The van der Waals surface area contributed by atoms with Crippen LogP contribution < -0.4 is 10.1 Å². The highest BCUT2D eigenvalue weighted by molar-refractivity contribution is 7.13. The average molecular weight is 225 g/mol. The average Bonchev–Trinajstić information content (AvgIpc) is 2.62. The first-order valence-corrected chi connectivity index (χ1v) is 6.53. The Morgan fingerprint density at radius 2 is 2.33 bits per heavy atom. The molecular weight excluding hydrogens is 206 g/mol. The van der Waals surface area contributed by atoms with Crippen LogP contribution in [0, 0.1) is 5.92 Å². The number of nitrogens with one attached hydrogen (secondary N) is 1. The summed E-state index contributed by atoms with van der Waals surface area (Å²) in [4.78, 5) is 1.36. The molecule has 0 spiro atoms. The monoisotopic (exact) mass is 225 g/mol. The summed E-state index contributed by atoms with van der Waals surface area (Å²) in [6.45, 7) is 2.14. The zero-order valence-corrected chi connectivity index (χ0v) is 10.1. The third-order valence-corrected chi connectivity index (χ3v) is 4.14. The molecule has 1 aliphatic carbocycles. The summed E-state index contributed by atoms with van der Waals surface area (Å²) in [7, 11) is 1.72. The van der Waals surface area contributed by atoms with Crippen molar-refractivity contribution in [2.45, 2.75) is 32.2 Å². The Hall–Kier alpha value is -0.540. The lowest BCUT2D eigenvalue weighted by atomic mass is 9.83. The second-order valence-electron chi connectivity index (χ2n) is 4.19. The summed E-state index contributed by atoms with van der Waals surface area (Å²) < 4.78 is 5.16. The molecule has 2 rings (SSSR count). The molecule has 1 saturated carbocycles. The fourth-order valence-corrected chi connectivity index (χ4v) is 2.65. The fraction of sp³-hybridized carbons (Fsp3) is 0.667. The van der Waals surface area contributed by atoms with E-state index in [4.69, 9.17) is 4.74 Å².